The van der Waals surface area contributed by atoms with Gasteiger partial charge in [-0.25, -0.2) is 0 Å². The second kappa shape index (κ2) is 7.38. The summed E-state index contributed by atoms with van der Waals surface area (Å²) in [5.41, 5.74) is 0.219. The van der Waals surface area contributed by atoms with Crippen molar-refractivity contribution >= 4 is 0 Å². The van der Waals surface area contributed by atoms with Crippen LogP contribution in [0.15, 0.2) is 0 Å². The van der Waals surface area contributed by atoms with Gasteiger partial charge in [-0.3, -0.25) is 0 Å². The third-order valence-corrected chi connectivity index (χ3v) is 4.20. The molecule has 0 heterocycles. The molecule has 0 spiro atoms. The molecular weight excluding hydrogens is 210 g/mol. The van der Waals surface area contributed by atoms with Gasteiger partial charge in [0.15, 0.2) is 0 Å². The van der Waals surface area contributed by atoms with Gasteiger partial charge < -0.3 is 10.4 Å². The maximum Gasteiger partial charge on any atom is 0.0436 e. The fourth-order valence-corrected chi connectivity index (χ4v) is 2.73. The monoisotopic (exact) mass is 241 g/mol. The van der Waals surface area contributed by atoms with Gasteiger partial charge in [0.25, 0.3) is 0 Å². The van der Waals surface area contributed by atoms with Crippen LogP contribution in [0.3, 0.4) is 0 Å². The quantitative estimate of drug-likeness (QED) is 0.683. The lowest BCUT2D eigenvalue weighted by Crippen LogP contribution is -2.36. The molecule has 1 atom stereocenters. The van der Waals surface area contributed by atoms with E-state index in [1.54, 1.807) is 0 Å². The smallest absolute Gasteiger partial charge is 0.0436 e. The van der Waals surface area contributed by atoms with Crippen molar-refractivity contribution in [1.82, 2.24) is 5.32 Å². The Morgan fingerprint density at radius 1 is 1.29 bits per heavy atom. The molecule has 2 N–H and O–H groups in total. The number of rotatable bonds is 8. The topological polar surface area (TPSA) is 32.3 Å². The van der Waals surface area contributed by atoms with Gasteiger partial charge in [-0.2, -0.15) is 0 Å². The van der Waals surface area contributed by atoms with E-state index in [0.717, 1.165) is 18.9 Å². The lowest BCUT2D eigenvalue weighted by molar-refractivity contribution is 0.202. The van der Waals surface area contributed by atoms with E-state index in [2.05, 4.69) is 26.1 Å². The van der Waals surface area contributed by atoms with Crippen molar-refractivity contribution in [2.75, 3.05) is 13.2 Å². The molecule has 0 bridgehead atoms. The van der Waals surface area contributed by atoms with Crippen LogP contribution >= 0.6 is 0 Å². The van der Waals surface area contributed by atoms with Crippen molar-refractivity contribution in [3.05, 3.63) is 0 Å². The molecule has 0 saturated heterocycles. The van der Waals surface area contributed by atoms with Crippen molar-refractivity contribution in [1.29, 1.82) is 0 Å². The van der Waals surface area contributed by atoms with Gasteiger partial charge in [-0.05, 0) is 37.5 Å². The Hall–Kier alpha value is -0.0800. The van der Waals surface area contributed by atoms with Gasteiger partial charge in [-0.15, -0.1) is 0 Å². The lowest BCUT2D eigenvalue weighted by Gasteiger charge is -2.26. The van der Waals surface area contributed by atoms with Crippen LogP contribution in [0.2, 0.25) is 0 Å². The minimum absolute atomic E-state index is 0.219. The van der Waals surface area contributed by atoms with Crippen LogP contribution in [0.25, 0.3) is 0 Å². The van der Waals surface area contributed by atoms with Crippen LogP contribution in [-0.4, -0.2) is 24.3 Å². The highest BCUT2D eigenvalue weighted by molar-refractivity contribution is 4.75. The molecule has 1 fully saturated rings. The second-order valence-electron chi connectivity index (χ2n) is 6.65. The van der Waals surface area contributed by atoms with E-state index in [4.69, 9.17) is 5.11 Å². The Labute approximate surface area is 107 Å². The minimum atomic E-state index is 0.219. The number of aliphatic hydroxyl groups is 1. The van der Waals surface area contributed by atoms with Gasteiger partial charge in [0.05, 0.1) is 0 Å². The van der Waals surface area contributed by atoms with E-state index in [1.807, 2.05) is 0 Å². The fraction of sp³-hybridized carbons (Fsp3) is 1.00. The molecule has 2 nitrogen and oxygen atoms in total. The summed E-state index contributed by atoms with van der Waals surface area (Å²) in [6.45, 7) is 8.05. The number of hydrogen-bond donors (Lipinski definition) is 2. The summed E-state index contributed by atoms with van der Waals surface area (Å²) in [6, 6.07) is 0.619. The van der Waals surface area contributed by atoms with Gasteiger partial charge >= 0.3 is 0 Å². The zero-order valence-electron chi connectivity index (χ0n) is 12.0. The van der Waals surface area contributed by atoms with Crippen molar-refractivity contribution in [3.63, 3.8) is 0 Å². The molecule has 0 aromatic carbocycles. The van der Waals surface area contributed by atoms with E-state index in [1.165, 1.54) is 38.5 Å². The Morgan fingerprint density at radius 2 is 1.94 bits per heavy atom. The fourth-order valence-electron chi connectivity index (χ4n) is 2.73. The SMILES string of the molecule is CC(CCC1CCCC1)NCC(C)(C)CCO. The summed E-state index contributed by atoms with van der Waals surface area (Å²) in [6.07, 6.45) is 9.42. The molecule has 1 rings (SSSR count). The first kappa shape index (κ1) is 15.0. The Balaban J connectivity index is 2.09. The molecule has 1 unspecified atom stereocenters. The average molecular weight is 241 g/mol. The predicted octanol–water partition coefficient (Wildman–Crippen LogP) is 3.34. The summed E-state index contributed by atoms with van der Waals surface area (Å²) in [5.74, 6) is 1.00. The van der Waals surface area contributed by atoms with Crippen LogP contribution in [-0.2, 0) is 0 Å². The normalized spacial score (nSPS) is 19.8. The molecule has 102 valence electrons. The van der Waals surface area contributed by atoms with Crippen LogP contribution in [0, 0.1) is 11.3 Å². The summed E-state index contributed by atoms with van der Waals surface area (Å²) < 4.78 is 0. The standard InChI is InChI=1S/C15H31NO/c1-13(8-9-14-6-4-5-7-14)16-12-15(2,3)10-11-17/h13-14,16-17H,4-12H2,1-3H3. The number of nitrogens with one attached hydrogen (secondary N) is 1. The number of aliphatic hydroxyl groups excluding tert-OH is 1. The van der Waals surface area contributed by atoms with Crippen molar-refractivity contribution in [3.8, 4) is 0 Å². The minimum Gasteiger partial charge on any atom is -0.396 e. The van der Waals surface area contributed by atoms with Crippen molar-refractivity contribution in [2.45, 2.75) is 71.8 Å². The van der Waals surface area contributed by atoms with Crippen LogP contribution in [0.1, 0.15) is 65.7 Å². The molecule has 0 amide bonds. The first-order valence-electron chi connectivity index (χ1n) is 7.38. The van der Waals surface area contributed by atoms with Gasteiger partial charge in [0, 0.05) is 19.2 Å². The van der Waals surface area contributed by atoms with Crippen LogP contribution < -0.4 is 5.32 Å². The summed E-state index contributed by atoms with van der Waals surface area (Å²) in [7, 11) is 0. The Bertz CT molecular complexity index is 197. The molecule has 2 heteroatoms. The molecular formula is C15H31NO. The Morgan fingerprint density at radius 3 is 2.53 bits per heavy atom. The van der Waals surface area contributed by atoms with E-state index in [9.17, 15) is 0 Å². The molecule has 0 radical (unpaired) electrons. The summed E-state index contributed by atoms with van der Waals surface area (Å²) in [4.78, 5) is 0. The average Bonchev–Trinajstić information content (AvgIpc) is 2.76. The van der Waals surface area contributed by atoms with Gasteiger partial charge in [-0.1, -0.05) is 39.5 Å². The molecule has 17 heavy (non-hydrogen) atoms. The van der Waals surface area contributed by atoms with E-state index in [-0.39, 0.29) is 5.41 Å². The summed E-state index contributed by atoms with van der Waals surface area (Å²) >= 11 is 0. The van der Waals surface area contributed by atoms with Crippen LogP contribution in [0.5, 0.6) is 0 Å². The molecule has 1 aliphatic rings. The first-order valence-corrected chi connectivity index (χ1v) is 7.38. The highest BCUT2D eigenvalue weighted by Crippen LogP contribution is 2.29. The molecule has 1 saturated carbocycles. The lowest BCUT2D eigenvalue weighted by atomic mass is 9.89. The van der Waals surface area contributed by atoms with Gasteiger partial charge in [0.2, 0.25) is 0 Å². The highest BCUT2D eigenvalue weighted by atomic mass is 16.3. The third kappa shape index (κ3) is 6.42. The zero-order chi connectivity index (χ0) is 12.7. The Kier molecular flexibility index (Phi) is 6.50. The molecule has 1 aliphatic carbocycles. The molecule has 0 aromatic rings. The van der Waals surface area contributed by atoms with Gasteiger partial charge in [0.1, 0.15) is 0 Å². The molecule has 0 aromatic heterocycles. The largest absolute Gasteiger partial charge is 0.396 e. The summed E-state index contributed by atoms with van der Waals surface area (Å²) in [5, 5.41) is 12.6. The first-order chi connectivity index (χ1) is 8.03. The number of hydrogen-bond acceptors (Lipinski definition) is 2. The molecule has 0 aliphatic heterocycles. The third-order valence-electron chi connectivity index (χ3n) is 4.20. The van der Waals surface area contributed by atoms with E-state index >= 15 is 0 Å². The van der Waals surface area contributed by atoms with E-state index in [0.29, 0.717) is 12.6 Å². The van der Waals surface area contributed by atoms with Crippen molar-refractivity contribution in [2.24, 2.45) is 11.3 Å². The zero-order valence-corrected chi connectivity index (χ0v) is 12.0. The highest BCUT2D eigenvalue weighted by Gasteiger charge is 2.19. The second-order valence-corrected chi connectivity index (χ2v) is 6.65. The van der Waals surface area contributed by atoms with Crippen molar-refractivity contribution < 1.29 is 5.11 Å². The maximum atomic E-state index is 8.99. The van der Waals surface area contributed by atoms with E-state index < -0.39 is 0 Å². The predicted molar refractivity (Wildman–Crippen MR) is 74.1 cm³/mol. The van der Waals surface area contributed by atoms with Crippen LogP contribution in [0.4, 0.5) is 0 Å². The maximum absolute atomic E-state index is 8.99.